The molecule has 0 aliphatic carbocycles. The zero-order chi connectivity index (χ0) is 43.2. The summed E-state index contributed by atoms with van der Waals surface area (Å²) in [7, 11) is -0.573. The molecule has 318 valence electrons. The highest BCUT2D eigenvalue weighted by Crippen LogP contribution is 2.40. The van der Waals surface area contributed by atoms with E-state index in [9.17, 15) is 28.7 Å². The summed E-state index contributed by atoms with van der Waals surface area (Å²) in [6, 6.07) is 12.4. The van der Waals surface area contributed by atoms with E-state index in [2.05, 4.69) is 38.7 Å². The van der Waals surface area contributed by atoms with Crippen LogP contribution in [0, 0.1) is 17.7 Å². The van der Waals surface area contributed by atoms with Crippen LogP contribution in [0.3, 0.4) is 0 Å². The number of H-pyrrole nitrogens is 2. The van der Waals surface area contributed by atoms with Gasteiger partial charge in [-0.2, -0.15) is 0 Å². The predicted octanol–water partition coefficient (Wildman–Crippen LogP) is 6.17. The van der Waals surface area contributed by atoms with E-state index in [0.29, 0.717) is 51.2 Å². The molecule has 5 atom stereocenters. The van der Waals surface area contributed by atoms with Gasteiger partial charge in [-0.05, 0) is 47.0 Å². The summed E-state index contributed by atoms with van der Waals surface area (Å²) in [4.78, 5) is 70.9. The number of ether oxygens (including phenoxy) is 1. The number of amides is 4. The number of aromatic amines is 2. The summed E-state index contributed by atoms with van der Waals surface area (Å²) < 4.78 is 35.7. The molecule has 5 N–H and O–H groups in total. The number of alkyl carbamates (subject to hydrolysis) is 1. The van der Waals surface area contributed by atoms with Crippen LogP contribution >= 0.6 is 0 Å². The van der Waals surface area contributed by atoms with Crippen molar-refractivity contribution < 1.29 is 37.8 Å². The highest BCUT2D eigenvalue weighted by atomic mass is 28.3. The van der Waals surface area contributed by atoms with Crippen LogP contribution < -0.4 is 10.6 Å². The van der Waals surface area contributed by atoms with Gasteiger partial charge in [-0.1, -0.05) is 71.1 Å². The van der Waals surface area contributed by atoms with Crippen LogP contribution in [0.25, 0.3) is 44.2 Å². The number of nitrogens with one attached hydrogen (secondary N) is 4. The molecular formula is C43H52F2N8O6Si. The smallest absolute Gasteiger partial charge is 0.407 e. The van der Waals surface area contributed by atoms with Gasteiger partial charge in [0, 0.05) is 29.1 Å². The van der Waals surface area contributed by atoms with Crippen LogP contribution in [0.4, 0.5) is 13.6 Å². The molecule has 0 radical (unpaired) electrons. The van der Waals surface area contributed by atoms with Crippen LogP contribution in [-0.2, 0) is 19.1 Å². The molecule has 60 heavy (non-hydrogen) atoms. The lowest BCUT2D eigenvalue weighted by molar-refractivity contribution is -0.139. The predicted molar refractivity (Wildman–Crippen MR) is 225 cm³/mol. The van der Waals surface area contributed by atoms with Crippen molar-refractivity contribution in [2.24, 2.45) is 11.8 Å². The van der Waals surface area contributed by atoms with Crippen LogP contribution in [0.15, 0.2) is 54.7 Å². The van der Waals surface area contributed by atoms with E-state index in [1.807, 2.05) is 55.1 Å². The molecule has 2 aliphatic heterocycles. The molecule has 14 nitrogen and oxygen atoms in total. The van der Waals surface area contributed by atoms with Gasteiger partial charge in [-0.25, -0.2) is 23.5 Å². The number of nitrogens with zero attached hydrogens (tertiary/aromatic N) is 4. The highest BCUT2D eigenvalue weighted by molar-refractivity contribution is 6.78. The van der Waals surface area contributed by atoms with E-state index < -0.39 is 62.7 Å². The van der Waals surface area contributed by atoms with Gasteiger partial charge in [-0.15, -0.1) is 0 Å². The second-order valence-electron chi connectivity index (χ2n) is 17.4. The molecule has 2 aromatic heterocycles. The van der Waals surface area contributed by atoms with Crippen LogP contribution in [0.5, 0.6) is 0 Å². The Balaban J connectivity index is 1.12. The number of aliphatic hydroxyl groups excluding tert-OH is 1. The Labute approximate surface area is 347 Å². The van der Waals surface area contributed by atoms with Crippen molar-refractivity contribution in [2.75, 3.05) is 26.4 Å². The maximum atomic E-state index is 16.0. The second-order valence-corrected chi connectivity index (χ2v) is 22.4. The van der Waals surface area contributed by atoms with Crippen molar-refractivity contribution in [3.8, 4) is 22.4 Å². The van der Waals surface area contributed by atoms with Gasteiger partial charge in [0.25, 0.3) is 0 Å². The molecular weight excluding hydrogens is 791 g/mol. The van der Waals surface area contributed by atoms with Gasteiger partial charge in [0.05, 0.1) is 56.7 Å². The molecule has 2 unspecified atom stereocenters. The molecule has 4 heterocycles. The fourth-order valence-corrected chi connectivity index (χ4v) is 11.4. The lowest BCUT2D eigenvalue weighted by atomic mass is 9.98. The van der Waals surface area contributed by atoms with Crippen LogP contribution in [0.1, 0.15) is 57.8 Å². The number of carbonyl (C=O) groups is 4. The number of carbonyl (C=O) groups excluding carboxylic acids is 4. The van der Waals surface area contributed by atoms with Gasteiger partial charge in [-0.3, -0.25) is 14.4 Å². The topological polar surface area (TPSA) is 186 Å². The Morgan fingerprint density at radius 3 is 2.30 bits per heavy atom. The number of rotatable bonds is 11. The van der Waals surface area contributed by atoms with Crippen molar-refractivity contribution in [1.29, 1.82) is 0 Å². The quantitative estimate of drug-likeness (QED) is 0.0978. The summed E-state index contributed by atoms with van der Waals surface area (Å²) >= 11 is 0. The lowest BCUT2D eigenvalue weighted by Crippen LogP contribution is -2.52. The monoisotopic (exact) mass is 842 g/mol. The van der Waals surface area contributed by atoms with Crippen molar-refractivity contribution >= 4 is 53.7 Å². The first-order valence-corrected chi connectivity index (χ1v) is 23.7. The molecule has 0 spiro atoms. The van der Waals surface area contributed by atoms with Gasteiger partial charge in [0.2, 0.25) is 17.7 Å². The van der Waals surface area contributed by atoms with Gasteiger partial charge in [0.1, 0.15) is 42.3 Å². The van der Waals surface area contributed by atoms with E-state index >= 15 is 4.39 Å². The number of aliphatic hydroxyl groups is 1. The number of methoxy groups -OCH3 is 1. The Hall–Kier alpha value is -5.68. The first kappa shape index (κ1) is 42.4. The second kappa shape index (κ2) is 16.8. The number of hydrogen-bond donors (Lipinski definition) is 5. The fourth-order valence-electron chi connectivity index (χ4n) is 8.55. The van der Waals surface area contributed by atoms with Crippen LogP contribution in [0.2, 0.25) is 19.1 Å². The summed E-state index contributed by atoms with van der Waals surface area (Å²) in [5.74, 6) is -1.21. The molecule has 2 saturated heterocycles. The number of benzene rings is 3. The molecule has 0 saturated carbocycles. The minimum atomic E-state index is -1.84. The average Bonchev–Trinajstić information content (AvgIpc) is 4.02. The minimum absolute atomic E-state index is 0.0366. The van der Waals surface area contributed by atoms with E-state index in [1.165, 1.54) is 18.1 Å². The standard InChI is InChI=1S/C43H52F2N8O6Si/c1-22(2)36(49-35(55)19-54)41(56)52-18-27(44)16-33(52)40-47-31-13-10-25-14-24(8-12-29(25)38(31)50-40)28-11-9-26(15-30(28)45)32-17-46-39(48-32)34-20-60(6,7)21-53(34)42(57)37(23(3)4)51-43(58)59-5/h8-15,17,22-23,27,33-34,36-37,54H,16,18-21H2,1-7H3,(H,46,48)(H,47,50)(H,49,55)(H,51,58)/t27?,33-,34?,36-,37-/m0/s1. The Morgan fingerprint density at radius 2 is 1.62 bits per heavy atom. The van der Waals surface area contributed by atoms with Crippen LogP contribution in [-0.4, -0.2) is 111 Å². The molecule has 17 heteroatoms. The SMILES string of the molecule is COC(=O)N[C@H](C(=O)N1C[Si](C)(C)CC1c1ncc(-c2ccc(-c3ccc4c(ccc5nc([C@@H]6CC(F)CN6C(=O)[C@@H](NC(=O)CO)C(C)C)[nH]c54)c3)c(F)c2)[nH]1)C(C)C. The molecule has 5 aromatic rings. The molecule has 3 aromatic carbocycles. The summed E-state index contributed by atoms with van der Waals surface area (Å²) in [5, 5.41) is 16.1. The van der Waals surface area contributed by atoms with E-state index in [4.69, 9.17) is 9.72 Å². The van der Waals surface area contributed by atoms with Gasteiger partial charge in [0.15, 0.2) is 0 Å². The van der Waals surface area contributed by atoms with Gasteiger partial charge >= 0.3 is 6.09 Å². The van der Waals surface area contributed by atoms with Crippen molar-refractivity contribution in [1.82, 2.24) is 40.4 Å². The number of likely N-dealkylation sites (tertiary alicyclic amines) is 1. The number of fused-ring (bicyclic) bond motifs is 3. The first-order chi connectivity index (χ1) is 28.5. The third-order valence-electron chi connectivity index (χ3n) is 11.6. The molecule has 7 rings (SSSR count). The fraction of sp³-hybridized carbons (Fsp3) is 0.442. The number of aromatic nitrogens is 4. The largest absolute Gasteiger partial charge is 0.453 e. The normalized spacial score (nSPS) is 20.0. The number of imidazole rings is 2. The number of halogens is 2. The van der Waals surface area contributed by atoms with Crippen molar-refractivity contribution in [2.45, 2.75) is 83.6 Å². The Bertz CT molecular complexity index is 2450. The number of alkyl halides is 1. The molecule has 4 amide bonds. The zero-order valence-corrected chi connectivity index (χ0v) is 35.8. The molecule has 2 aliphatic rings. The average molecular weight is 843 g/mol. The highest BCUT2D eigenvalue weighted by Gasteiger charge is 2.46. The van der Waals surface area contributed by atoms with Crippen molar-refractivity contribution in [3.05, 3.63) is 72.2 Å². The Morgan fingerprint density at radius 1 is 0.917 bits per heavy atom. The third-order valence-corrected chi connectivity index (χ3v) is 14.3. The maximum Gasteiger partial charge on any atom is 0.407 e. The van der Waals surface area contributed by atoms with Gasteiger partial charge < -0.3 is 40.2 Å². The van der Waals surface area contributed by atoms with E-state index in [1.54, 1.807) is 26.1 Å². The summed E-state index contributed by atoms with van der Waals surface area (Å²) in [5.41, 5.74) is 3.56. The zero-order valence-electron chi connectivity index (χ0n) is 34.8. The van der Waals surface area contributed by atoms with Crippen molar-refractivity contribution in [3.63, 3.8) is 0 Å². The minimum Gasteiger partial charge on any atom is -0.453 e. The first-order valence-electron chi connectivity index (χ1n) is 20.3. The third kappa shape index (κ3) is 8.37. The number of hydrogen-bond acceptors (Lipinski definition) is 8. The maximum absolute atomic E-state index is 16.0. The summed E-state index contributed by atoms with van der Waals surface area (Å²) in [6.45, 7) is 10.8. The van der Waals surface area contributed by atoms with E-state index in [-0.39, 0.29) is 36.8 Å². The molecule has 2 fully saturated rings. The summed E-state index contributed by atoms with van der Waals surface area (Å²) in [6.07, 6.45) is 0.341. The molecule has 0 bridgehead atoms. The Kier molecular flexibility index (Phi) is 11.9. The lowest BCUT2D eigenvalue weighted by Gasteiger charge is -2.30. The van der Waals surface area contributed by atoms with E-state index in [0.717, 1.165) is 16.8 Å².